The molecule has 100 valence electrons. The van der Waals surface area contributed by atoms with Gasteiger partial charge in [0.05, 0.1) is 5.52 Å². The lowest BCUT2D eigenvalue weighted by Crippen LogP contribution is -2.09. The molecule has 0 atom stereocenters. The number of para-hydroxylation sites is 1. The molecule has 0 spiro atoms. The van der Waals surface area contributed by atoms with Crippen LogP contribution >= 0.6 is 0 Å². The van der Waals surface area contributed by atoms with Crippen LogP contribution in [0.3, 0.4) is 0 Å². The molecule has 0 amide bonds. The molecule has 1 aromatic carbocycles. The van der Waals surface area contributed by atoms with E-state index in [1.165, 1.54) is 0 Å². The molecule has 2 heterocycles. The lowest BCUT2D eigenvalue weighted by molar-refractivity contribution is 0.0685. The van der Waals surface area contributed by atoms with E-state index < -0.39 is 5.97 Å². The molecule has 0 aliphatic rings. The standard InChI is InChI=1S/C16H14N2O2/c1-11-9-12(13-5-2-3-6-14(13)17-11)10-18-8-4-7-15(18)16(19)20/h2-9H,10H2,1H3,(H,19,20). The normalized spacial score (nSPS) is 10.8. The number of carboxylic acid groups (broad SMARTS) is 1. The summed E-state index contributed by atoms with van der Waals surface area (Å²) in [4.78, 5) is 15.7. The zero-order chi connectivity index (χ0) is 14.1. The molecule has 20 heavy (non-hydrogen) atoms. The van der Waals surface area contributed by atoms with Crippen molar-refractivity contribution in [3.63, 3.8) is 0 Å². The number of pyridine rings is 1. The van der Waals surface area contributed by atoms with Crippen molar-refractivity contribution in [3.05, 3.63) is 65.6 Å². The second kappa shape index (κ2) is 4.81. The number of aromatic carboxylic acids is 1. The van der Waals surface area contributed by atoms with Crippen LogP contribution in [0.5, 0.6) is 0 Å². The van der Waals surface area contributed by atoms with Crippen molar-refractivity contribution in [2.75, 3.05) is 0 Å². The number of hydrogen-bond donors (Lipinski definition) is 1. The van der Waals surface area contributed by atoms with Crippen LogP contribution in [-0.2, 0) is 6.54 Å². The lowest BCUT2D eigenvalue weighted by Gasteiger charge is -2.10. The lowest BCUT2D eigenvalue weighted by atomic mass is 10.1. The Hall–Kier alpha value is -2.62. The van der Waals surface area contributed by atoms with E-state index in [0.29, 0.717) is 12.2 Å². The number of aryl methyl sites for hydroxylation is 1. The minimum Gasteiger partial charge on any atom is -0.477 e. The first kappa shape index (κ1) is 12.4. The number of fused-ring (bicyclic) bond motifs is 1. The molecule has 0 unspecified atom stereocenters. The molecule has 2 aromatic heterocycles. The van der Waals surface area contributed by atoms with E-state index in [4.69, 9.17) is 5.11 Å². The van der Waals surface area contributed by atoms with Gasteiger partial charge in [0.15, 0.2) is 0 Å². The van der Waals surface area contributed by atoms with Crippen LogP contribution in [0, 0.1) is 6.92 Å². The molecule has 4 nitrogen and oxygen atoms in total. The summed E-state index contributed by atoms with van der Waals surface area (Å²) in [6.45, 7) is 2.47. The molecule has 0 bridgehead atoms. The molecule has 0 fully saturated rings. The Morgan fingerprint density at radius 2 is 2.05 bits per heavy atom. The van der Waals surface area contributed by atoms with Gasteiger partial charge in [-0.2, -0.15) is 0 Å². The van der Waals surface area contributed by atoms with Crippen molar-refractivity contribution < 1.29 is 9.90 Å². The molecule has 0 aliphatic carbocycles. The molecule has 0 saturated carbocycles. The van der Waals surface area contributed by atoms with Crippen LogP contribution in [0.4, 0.5) is 0 Å². The van der Waals surface area contributed by atoms with Gasteiger partial charge in [0.2, 0.25) is 0 Å². The Kier molecular flexibility index (Phi) is 2.99. The zero-order valence-electron chi connectivity index (χ0n) is 11.1. The number of hydrogen-bond acceptors (Lipinski definition) is 2. The first-order valence-electron chi connectivity index (χ1n) is 6.39. The maximum atomic E-state index is 11.2. The minimum atomic E-state index is -0.912. The van der Waals surface area contributed by atoms with Crippen molar-refractivity contribution in [1.29, 1.82) is 0 Å². The number of carboxylic acids is 1. The van der Waals surface area contributed by atoms with Crippen molar-refractivity contribution in [2.45, 2.75) is 13.5 Å². The summed E-state index contributed by atoms with van der Waals surface area (Å²) >= 11 is 0. The van der Waals surface area contributed by atoms with Crippen LogP contribution in [0.2, 0.25) is 0 Å². The Morgan fingerprint density at radius 3 is 2.85 bits per heavy atom. The summed E-state index contributed by atoms with van der Waals surface area (Å²) in [5.41, 5.74) is 3.24. The second-order valence-corrected chi connectivity index (χ2v) is 4.77. The Bertz CT molecular complexity index is 790. The number of aromatic nitrogens is 2. The monoisotopic (exact) mass is 266 g/mol. The van der Waals surface area contributed by atoms with Gasteiger partial charge in [-0.3, -0.25) is 4.98 Å². The Labute approximate surface area is 116 Å². The third kappa shape index (κ3) is 2.16. The van der Waals surface area contributed by atoms with E-state index >= 15 is 0 Å². The molecule has 0 aliphatic heterocycles. The van der Waals surface area contributed by atoms with Crippen molar-refractivity contribution in [1.82, 2.24) is 9.55 Å². The number of benzene rings is 1. The Balaban J connectivity index is 2.10. The first-order valence-corrected chi connectivity index (χ1v) is 6.39. The molecular weight excluding hydrogens is 252 g/mol. The largest absolute Gasteiger partial charge is 0.477 e. The van der Waals surface area contributed by atoms with Crippen LogP contribution in [-0.4, -0.2) is 20.6 Å². The number of carbonyl (C=O) groups is 1. The van der Waals surface area contributed by atoms with Gasteiger partial charge < -0.3 is 9.67 Å². The zero-order valence-corrected chi connectivity index (χ0v) is 11.1. The molecule has 0 saturated heterocycles. The van der Waals surface area contributed by atoms with Crippen LogP contribution < -0.4 is 0 Å². The highest BCUT2D eigenvalue weighted by Gasteiger charge is 2.10. The number of nitrogens with zero attached hydrogens (tertiary/aromatic N) is 2. The highest BCUT2D eigenvalue weighted by Crippen LogP contribution is 2.20. The predicted octanol–water partition coefficient (Wildman–Crippen LogP) is 3.09. The van der Waals surface area contributed by atoms with Gasteiger partial charge in [0.25, 0.3) is 0 Å². The quantitative estimate of drug-likeness (QED) is 0.792. The van der Waals surface area contributed by atoms with E-state index in [0.717, 1.165) is 22.2 Å². The number of rotatable bonds is 3. The molecular formula is C16H14N2O2. The topological polar surface area (TPSA) is 55.1 Å². The molecule has 3 aromatic rings. The van der Waals surface area contributed by atoms with Crippen LogP contribution in [0.15, 0.2) is 48.7 Å². The smallest absolute Gasteiger partial charge is 0.352 e. The third-order valence-corrected chi connectivity index (χ3v) is 3.32. The van der Waals surface area contributed by atoms with Gasteiger partial charge in [0.1, 0.15) is 5.69 Å². The van der Waals surface area contributed by atoms with E-state index in [1.54, 1.807) is 22.9 Å². The van der Waals surface area contributed by atoms with Gasteiger partial charge in [0, 0.05) is 23.8 Å². The summed E-state index contributed by atoms with van der Waals surface area (Å²) in [6.07, 6.45) is 1.79. The summed E-state index contributed by atoms with van der Waals surface area (Å²) in [6, 6.07) is 13.3. The molecule has 4 heteroatoms. The SMILES string of the molecule is Cc1cc(Cn2cccc2C(=O)O)c2ccccc2n1. The second-order valence-electron chi connectivity index (χ2n) is 4.77. The molecule has 0 radical (unpaired) electrons. The highest BCUT2D eigenvalue weighted by molar-refractivity contribution is 5.86. The highest BCUT2D eigenvalue weighted by atomic mass is 16.4. The van der Waals surface area contributed by atoms with Crippen molar-refractivity contribution in [2.24, 2.45) is 0 Å². The van der Waals surface area contributed by atoms with Gasteiger partial charge >= 0.3 is 5.97 Å². The van der Waals surface area contributed by atoms with Gasteiger partial charge in [-0.25, -0.2) is 4.79 Å². The minimum absolute atomic E-state index is 0.295. The van der Waals surface area contributed by atoms with Crippen LogP contribution in [0.25, 0.3) is 10.9 Å². The fourth-order valence-electron chi connectivity index (χ4n) is 2.46. The fourth-order valence-corrected chi connectivity index (χ4v) is 2.46. The maximum Gasteiger partial charge on any atom is 0.352 e. The average molecular weight is 266 g/mol. The van der Waals surface area contributed by atoms with E-state index in [2.05, 4.69) is 4.98 Å². The van der Waals surface area contributed by atoms with E-state index in [-0.39, 0.29) is 0 Å². The first-order chi connectivity index (χ1) is 9.65. The van der Waals surface area contributed by atoms with Gasteiger partial charge in [-0.1, -0.05) is 18.2 Å². The summed E-state index contributed by atoms with van der Waals surface area (Å²) in [7, 11) is 0. The predicted molar refractivity (Wildman–Crippen MR) is 77.0 cm³/mol. The van der Waals surface area contributed by atoms with E-state index in [1.807, 2.05) is 37.3 Å². The van der Waals surface area contributed by atoms with Crippen molar-refractivity contribution in [3.8, 4) is 0 Å². The Morgan fingerprint density at radius 1 is 1.25 bits per heavy atom. The molecule has 3 rings (SSSR count). The van der Waals surface area contributed by atoms with Crippen molar-refractivity contribution >= 4 is 16.9 Å². The maximum absolute atomic E-state index is 11.2. The summed E-state index contributed by atoms with van der Waals surface area (Å²) in [5, 5.41) is 10.2. The third-order valence-electron chi connectivity index (χ3n) is 3.32. The van der Waals surface area contributed by atoms with E-state index in [9.17, 15) is 4.79 Å². The van der Waals surface area contributed by atoms with Gasteiger partial charge in [-0.05, 0) is 36.8 Å². The average Bonchev–Trinajstić information content (AvgIpc) is 2.87. The molecule has 1 N–H and O–H groups in total. The van der Waals surface area contributed by atoms with Crippen LogP contribution in [0.1, 0.15) is 21.7 Å². The fraction of sp³-hybridized carbons (Fsp3) is 0.125. The van der Waals surface area contributed by atoms with Gasteiger partial charge in [-0.15, -0.1) is 0 Å². The summed E-state index contributed by atoms with van der Waals surface area (Å²) < 4.78 is 1.74. The summed E-state index contributed by atoms with van der Waals surface area (Å²) in [5.74, 6) is -0.912.